The minimum absolute atomic E-state index is 0.0446. The van der Waals surface area contributed by atoms with Crippen molar-refractivity contribution >= 4 is 0 Å². The third kappa shape index (κ3) is 7.05. The fraction of sp³-hybridized carbons (Fsp3) is 1.00. The van der Waals surface area contributed by atoms with Crippen molar-refractivity contribution in [2.75, 3.05) is 26.3 Å². The summed E-state index contributed by atoms with van der Waals surface area (Å²) in [5, 5.41) is 3.55. The molecular formula is C17H35NO2. The van der Waals surface area contributed by atoms with Crippen LogP contribution in [0.1, 0.15) is 66.7 Å². The van der Waals surface area contributed by atoms with E-state index in [1.807, 2.05) is 0 Å². The largest absolute Gasteiger partial charge is 0.373 e. The summed E-state index contributed by atoms with van der Waals surface area (Å²) in [4.78, 5) is 0. The molecule has 120 valence electrons. The Hall–Kier alpha value is -0.120. The predicted molar refractivity (Wildman–Crippen MR) is 85.2 cm³/mol. The molecule has 3 heteroatoms. The third-order valence-electron chi connectivity index (χ3n) is 4.09. The molecule has 0 saturated heterocycles. The molecule has 0 heterocycles. The average Bonchev–Trinajstić information content (AvgIpc) is 2.37. The Kier molecular flexibility index (Phi) is 7.49. The quantitative estimate of drug-likeness (QED) is 0.689. The summed E-state index contributed by atoms with van der Waals surface area (Å²) < 4.78 is 12.0. The fourth-order valence-corrected chi connectivity index (χ4v) is 2.76. The van der Waals surface area contributed by atoms with Crippen molar-refractivity contribution in [3.05, 3.63) is 0 Å². The molecule has 1 aliphatic rings. The van der Waals surface area contributed by atoms with Gasteiger partial charge in [0.05, 0.1) is 24.4 Å². The van der Waals surface area contributed by atoms with Gasteiger partial charge in [-0.15, -0.1) is 0 Å². The van der Waals surface area contributed by atoms with Gasteiger partial charge in [-0.2, -0.15) is 0 Å². The third-order valence-corrected chi connectivity index (χ3v) is 4.09. The van der Waals surface area contributed by atoms with E-state index < -0.39 is 0 Å². The zero-order valence-electron chi connectivity index (χ0n) is 14.3. The Morgan fingerprint density at radius 1 is 1.15 bits per heavy atom. The summed E-state index contributed by atoms with van der Waals surface area (Å²) in [7, 11) is 0. The van der Waals surface area contributed by atoms with E-state index in [-0.39, 0.29) is 11.2 Å². The Morgan fingerprint density at radius 3 is 2.35 bits per heavy atom. The van der Waals surface area contributed by atoms with Crippen LogP contribution in [0.15, 0.2) is 0 Å². The van der Waals surface area contributed by atoms with E-state index in [9.17, 15) is 0 Å². The second-order valence-corrected chi connectivity index (χ2v) is 7.35. The van der Waals surface area contributed by atoms with Crippen LogP contribution >= 0.6 is 0 Å². The van der Waals surface area contributed by atoms with Crippen LogP contribution in [0.3, 0.4) is 0 Å². The maximum absolute atomic E-state index is 6.27. The minimum Gasteiger partial charge on any atom is -0.373 e. The van der Waals surface area contributed by atoms with Gasteiger partial charge in [-0.3, -0.25) is 0 Å². The molecule has 0 aromatic rings. The van der Waals surface area contributed by atoms with Crippen molar-refractivity contribution in [3.8, 4) is 0 Å². The number of hydrogen-bond acceptors (Lipinski definition) is 3. The second-order valence-electron chi connectivity index (χ2n) is 7.35. The molecule has 0 aliphatic heterocycles. The lowest BCUT2D eigenvalue weighted by Gasteiger charge is -2.40. The van der Waals surface area contributed by atoms with Crippen LogP contribution < -0.4 is 5.32 Å². The van der Waals surface area contributed by atoms with Crippen LogP contribution in [-0.2, 0) is 9.47 Å². The second kappa shape index (κ2) is 8.35. The van der Waals surface area contributed by atoms with E-state index >= 15 is 0 Å². The number of ether oxygens (including phenoxy) is 2. The molecule has 1 fully saturated rings. The summed E-state index contributed by atoms with van der Waals surface area (Å²) >= 11 is 0. The van der Waals surface area contributed by atoms with Crippen molar-refractivity contribution in [1.29, 1.82) is 0 Å². The molecule has 0 radical (unpaired) electrons. The van der Waals surface area contributed by atoms with Crippen molar-refractivity contribution in [1.82, 2.24) is 5.32 Å². The smallest absolute Gasteiger partial charge is 0.0807 e. The highest BCUT2D eigenvalue weighted by Gasteiger charge is 2.34. The van der Waals surface area contributed by atoms with E-state index in [0.29, 0.717) is 13.2 Å². The molecule has 0 spiro atoms. The lowest BCUT2D eigenvalue weighted by atomic mass is 9.79. The average molecular weight is 285 g/mol. The number of hydrogen-bond donors (Lipinski definition) is 1. The summed E-state index contributed by atoms with van der Waals surface area (Å²) in [5.74, 6) is 0.851. The zero-order valence-corrected chi connectivity index (χ0v) is 14.3. The predicted octanol–water partition coefficient (Wildman–Crippen LogP) is 3.77. The standard InChI is InChI=1S/C17H35NO2/c1-6-11-18-14-17(9-7-15(2)8-10-17)20-13-12-19-16(3,4)5/h15,18H,6-14H2,1-5H3. The Bertz CT molecular complexity index is 252. The van der Waals surface area contributed by atoms with Crippen LogP contribution in [0, 0.1) is 5.92 Å². The van der Waals surface area contributed by atoms with Gasteiger partial charge < -0.3 is 14.8 Å². The van der Waals surface area contributed by atoms with Gasteiger partial charge in [0.1, 0.15) is 0 Å². The van der Waals surface area contributed by atoms with Gasteiger partial charge in [-0.1, -0.05) is 13.8 Å². The summed E-state index contributed by atoms with van der Waals surface area (Å²) in [5.41, 5.74) is -0.0268. The number of nitrogens with one attached hydrogen (secondary N) is 1. The SMILES string of the molecule is CCCNCC1(OCCOC(C)(C)C)CCC(C)CC1. The van der Waals surface area contributed by atoms with Gasteiger partial charge in [0.2, 0.25) is 0 Å². The summed E-state index contributed by atoms with van der Waals surface area (Å²) in [6, 6.07) is 0. The Labute approximate surface area is 125 Å². The van der Waals surface area contributed by atoms with Crippen LogP contribution in [0.2, 0.25) is 0 Å². The van der Waals surface area contributed by atoms with E-state index in [2.05, 4.69) is 39.9 Å². The van der Waals surface area contributed by atoms with Crippen LogP contribution in [-0.4, -0.2) is 37.5 Å². The van der Waals surface area contributed by atoms with E-state index in [4.69, 9.17) is 9.47 Å². The van der Waals surface area contributed by atoms with Gasteiger partial charge in [0.25, 0.3) is 0 Å². The number of rotatable bonds is 8. The fourth-order valence-electron chi connectivity index (χ4n) is 2.76. The Balaban J connectivity index is 2.38. The van der Waals surface area contributed by atoms with Crippen LogP contribution in [0.5, 0.6) is 0 Å². The summed E-state index contributed by atoms with van der Waals surface area (Å²) in [6.45, 7) is 14.3. The van der Waals surface area contributed by atoms with Crippen molar-refractivity contribution in [2.45, 2.75) is 77.9 Å². The summed E-state index contributed by atoms with van der Waals surface area (Å²) in [6.07, 6.45) is 6.11. The van der Waals surface area contributed by atoms with Crippen molar-refractivity contribution < 1.29 is 9.47 Å². The maximum Gasteiger partial charge on any atom is 0.0807 e. The minimum atomic E-state index is -0.0714. The van der Waals surface area contributed by atoms with E-state index in [1.54, 1.807) is 0 Å². The molecule has 0 aromatic carbocycles. The topological polar surface area (TPSA) is 30.5 Å². The molecule has 0 aromatic heterocycles. The molecule has 0 bridgehead atoms. The first-order valence-electron chi connectivity index (χ1n) is 8.35. The molecule has 20 heavy (non-hydrogen) atoms. The van der Waals surface area contributed by atoms with Gasteiger partial charge in [-0.05, 0) is 65.3 Å². The highest BCUT2D eigenvalue weighted by molar-refractivity contribution is 4.88. The first-order chi connectivity index (χ1) is 9.37. The zero-order chi connectivity index (χ0) is 15.1. The Morgan fingerprint density at radius 2 is 1.80 bits per heavy atom. The first kappa shape index (κ1) is 17.9. The highest BCUT2D eigenvalue weighted by Crippen LogP contribution is 2.34. The van der Waals surface area contributed by atoms with Crippen molar-refractivity contribution in [2.24, 2.45) is 5.92 Å². The van der Waals surface area contributed by atoms with E-state index in [0.717, 1.165) is 19.0 Å². The first-order valence-corrected chi connectivity index (χ1v) is 8.35. The molecule has 3 nitrogen and oxygen atoms in total. The van der Waals surface area contributed by atoms with Gasteiger partial charge >= 0.3 is 0 Å². The molecule has 1 saturated carbocycles. The van der Waals surface area contributed by atoms with Gasteiger partial charge in [0, 0.05) is 6.54 Å². The maximum atomic E-state index is 6.27. The lowest BCUT2D eigenvalue weighted by molar-refractivity contribution is -0.109. The highest BCUT2D eigenvalue weighted by atomic mass is 16.5. The monoisotopic (exact) mass is 285 g/mol. The van der Waals surface area contributed by atoms with E-state index in [1.165, 1.54) is 32.1 Å². The van der Waals surface area contributed by atoms with Gasteiger partial charge in [-0.25, -0.2) is 0 Å². The molecule has 0 unspecified atom stereocenters. The molecule has 1 rings (SSSR count). The van der Waals surface area contributed by atoms with Crippen molar-refractivity contribution in [3.63, 3.8) is 0 Å². The lowest BCUT2D eigenvalue weighted by Crippen LogP contribution is -2.46. The van der Waals surface area contributed by atoms with Crippen LogP contribution in [0.4, 0.5) is 0 Å². The normalized spacial score (nSPS) is 27.8. The molecule has 0 amide bonds. The molecule has 1 aliphatic carbocycles. The van der Waals surface area contributed by atoms with Crippen LogP contribution in [0.25, 0.3) is 0 Å². The van der Waals surface area contributed by atoms with Gasteiger partial charge in [0.15, 0.2) is 0 Å². The molecule has 1 N–H and O–H groups in total. The molecule has 0 atom stereocenters. The molecular weight excluding hydrogens is 250 g/mol.